The third-order valence-electron chi connectivity index (χ3n) is 4.62. The van der Waals surface area contributed by atoms with Crippen molar-refractivity contribution in [3.8, 4) is 5.88 Å². The number of piperazine rings is 1. The second-order valence-corrected chi connectivity index (χ2v) is 6.60. The molecular weight excluding hydrogens is 365 g/mol. The van der Waals surface area contributed by atoms with Crippen LogP contribution in [-0.4, -0.2) is 78.1 Å². The number of hydrogen-bond donors (Lipinski definition) is 1. The molecule has 2 amide bonds. The monoisotopic (exact) mass is 386 g/mol. The van der Waals surface area contributed by atoms with Crippen LogP contribution in [0.3, 0.4) is 0 Å². The van der Waals surface area contributed by atoms with E-state index in [1.807, 2.05) is 4.90 Å². The van der Waals surface area contributed by atoms with E-state index in [0.717, 1.165) is 19.4 Å². The van der Waals surface area contributed by atoms with Crippen molar-refractivity contribution in [2.24, 2.45) is 0 Å². The summed E-state index contributed by atoms with van der Waals surface area (Å²) in [5.74, 6) is -0.405. The highest BCUT2D eigenvalue weighted by atomic mass is 19.4. The lowest BCUT2D eigenvalue weighted by Crippen LogP contribution is -2.57. The number of ether oxygens (including phenoxy) is 1. The van der Waals surface area contributed by atoms with E-state index < -0.39 is 12.8 Å². The number of aromatic nitrogens is 1. The first kappa shape index (κ1) is 19.4. The molecule has 2 saturated heterocycles. The van der Waals surface area contributed by atoms with Crippen LogP contribution in [0.2, 0.25) is 0 Å². The van der Waals surface area contributed by atoms with Crippen molar-refractivity contribution >= 4 is 11.8 Å². The maximum Gasteiger partial charge on any atom is 0.422 e. The second-order valence-electron chi connectivity index (χ2n) is 6.60. The van der Waals surface area contributed by atoms with E-state index in [0.29, 0.717) is 26.2 Å². The summed E-state index contributed by atoms with van der Waals surface area (Å²) >= 11 is 0. The predicted octanol–water partition coefficient (Wildman–Crippen LogP) is 1.06. The number of hydrogen-bond acceptors (Lipinski definition) is 5. The normalized spacial score (nSPS) is 21.3. The molecule has 1 unspecified atom stereocenters. The van der Waals surface area contributed by atoms with Crippen LogP contribution in [0.25, 0.3) is 0 Å². The van der Waals surface area contributed by atoms with Crippen LogP contribution in [0.15, 0.2) is 18.3 Å². The molecule has 0 aromatic carbocycles. The number of alkyl halides is 3. The Balaban J connectivity index is 1.60. The standard InChI is InChI=1S/C17H21F3N4O3/c18-17(19,20)11-27-14-4-3-12(8-22-14)16(26)23-6-1-2-13(10-23)24-7-5-21-9-15(24)25/h3-4,8,13,21H,1-2,5-7,9-11H2. The quantitative estimate of drug-likeness (QED) is 0.838. The third kappa shape index (κ3) is 5.09. The molecule has 0 radical (unpaired) electrons. The van der Waals surface area contributed by atoms with E-state index in [4.69, 9.17) is 0 Å². The van der Waals surface area contributed by atoms with Gasteiger partial charge in [0.1, 0.15) is 0 Å². The van der Waals surface area contributed by atoms with Crippen molar-refractivity contribution < 1.29 is 27.5 Å². The van der Waals surface area contributed by atoms with Gasteiger partial charge in [-0.25, -0.2) is 4.98 Å². The lowest BCUT2D eigenvalue weighted by molar-refractivity contribution is -0.154. The molecule has 1 aromatic heterocycles. The minimum Gasteiger partial charge on any atom is -0.468 e. The molecule has 1 N–H and O–H groups in total. The van der Waals surface area contributed by atoms with Crippen molar-refractivity contribution in [3.05, 3.63) is 23.9 Å². The second kappa shape index (κ2) is 8.12. The first-order chi connectivity index (χ1) is 12.8. The fraction of sp³-hybridized carbons (Fsp3) is 0.588. The minimum atomic E-state index is -4.44. The van der Waals surface area contributed by atoms with E-state index in [2.05, 4.69) is 15.0 Å². The Bertz CT molecular complexity index is 681. The number of rotatable bonds is 4. The summed E-state index contributed by atoms with van der Waals surface area (Å²) in [6, 6.07) is 2.64. The number of likely N-dealkylation sites (tertiary alicyclic amines) is 1. The predicted molar refractivity (Wildman–Crippen MR) is 89.3 cm³/mol. The van der Waals surface area contributed by atoms with Crippen molar-refractivity contribution in [1.29, 1.82) is 0 Å². The Morgan fingerprint density at radius 3 is 2.81 bits per heavy atom. The highest BCUT2D eigenvalue weighted by molar-refractivity contribution is 5.94. The molecule has 2 fully saturated rings. The third-order valence-corrected chi connectivity index (χ3v) is 4.62. The molecule has 3 heterocycles. The van der Waals surface area contributed by atoms with Gasteiger partial charge < -0.3 is 19.9 Å². The molecule has 0 spiro atoms. The molecule has 0 bridgehead atoms. The first-order valence-corrected chi connectivity index (χ1v) is 8.78. The van der Waals surface area contributed by atoms with Crippen LogP contribution in [0.4, 0.5) is 13.2 Å². The first-order valence-electron chi connectivity index (χ1n) is 8.78. The van der Waals surface area contributed by atoms with Crippen molar-refractivity contribution in [3.63, 3.8) is 0 Å². The molecule has 7 nitrogen and oxygen atoms in total. The average Bonchev–Trinajstić information content (AvgIpc) is 2.66. The number of nitrogens with one attached hydrogen (secondary N) is 1. The molecule has 1 atom stereocenters. The van der Waals surface area contributed by atoms with Gasteiger partial charge in [0.05, 0.1) is 12.1 Å². The van der Waals surface area contributed by atoms with Crippen LogP contribution >= 0.6 is 0 Å². The molecule has 2 aliphatic heterocycles. The highest BCUT2D eigenvalue weighted by Gasteiger charge is 2.32. The molecule has 1 aromatic rings. The fourth-order valence-corrected chi connectivity index (χ4v) is 3.33. The number of carbonyl (C=O) groups is 2. The molecule has 10 heteroatoms. The van der Waals surface area contributed by atoms with Gasteiger partial charge in [-0.3, -0.25) is 9.59 Å². The summed E-state index contributed by atoms with van der Waals surface area (Å²) in [6.45, 7) is 1.25. The van der Waals surface area contributed by atoms with Gasteiger partial charge in [0.2, 0.25) is 11.8 Å². The van der Waals surface area contributed by atoms with Gasteiger partial charge in [0.15, 0.2) is 6.61 Å². The number of halogens is 3. The zero-order chi connectivity index (χ0) is 19.4. The summed E-state index contributed by atoms with van der Waals surface area (Å²) in [5, 5.41) is 3.03. The Kier molecular flexibility index (Phi) is 5.83. The Labute approximate surface area is 154 Å². The van der Waals surface area contributed by atoms with Crippen LogP contribution < -0.4 is 10.1 Å². The number of carbonyl (C=O) groups excluding carboxylic acids is 2. The lowest BCUT2D eigenvalue weighted by Gasteiger charge is -2.41. The van der Waals surface area contributed by atoms with Gasteiger partial charge in [0.25, 0.3) is 5.91 Å². The Morgan fingerprint density at radius 2 is 2.15 bits per heavy atom. The number of nitrogens with zero attached hydrogens (tertiary/aromatic N) is 3. The zero-order valence-electron chi connectivity index (χ0n) is 14.7. The van der Waals surface area contributed by atoms with Crippen LogP contribution in [0.5, 0.6) is 5.88 Å². The summed E-state index contributed by atoms with van der Waals surface area (Å²) in [4.78, 5) is 32.0. The average molecular weight is 386 g/mol. The fourth-order valence-electron chi connectivity index (χ4n) is 3.33. The SMILES string of the molecule is O=C(c1ccc(OCC(F)(F)F)nc1)N1CCCC(N2CCNCC2=O)C1. The van der Waals surface area contributed by atoms with Crippen molar-refractivity contribution in [1.82, 2.24) is 20.1 Å². The largest absolute Gasteiger partial charge is 0.468 e. The van der Waals surface area contributed by atoms with Gasteiger partial charge in [-0.2, -0.15) is 13.2 Å². The maximum absolute atomic E-state index is 12.7. The van der Waals surface area contributed by atoms with Crippen molar-refractivity contribution in [2.75, 3.05) is 39.3 Å². The Morgan fingerprint density at radius 1 is 1.33 bits per heavy atom. The van der Waals surface area contributed by atoms with Gasteiger partial charge in [-0.05, 0) is 18.9 Å². The lowest BCUT2D eigenvalue weighted by atomic mass is 10.0. The molecule has 148 valence electrons. The number of pyridine rings is 1. The minimum absolute atomic E-state index is 0.0142. The summed E-state index contributed by atoms with van der Waals surface area (Å²) in [6.07, 6.45) is -1.60. The number of amides is 2. The van der Waals surface area contributed by atoms with Gasteiger partial charge in [-0.15, -0.1) is 0 Å². The molecule has 0 aliphatic carbocycles. The van der Waals surface area contributed by atoms with Crippen molar-refractivity contribution in [2.45, 2.75) is 25.1 Å². The molecule has 3 rings (SSSR count). The van der Waals surface area contributed by atoms with Crippen LogP contribution in [0.1, 0.15) is 23.2 Å². The van der Waals surface area contributed by atoms with Gasteiger partial charge >= 0.3 is 6.18 Å². The maximum atomic E-state index is 12.7. The van der Waals surface area contributed by atoms with E-state index in [1.165, 1.54) is 18.3 Å². The summed E-state index contributed by atoms with van der Waals surface area (Å²) in [5.41, 5.74) is 0.279. The zero-order valence-corrected chi connectivity index (χ0v) is 14.7. The summed E-state index contributed by atoms with van der Waals surface area (Å²) < 4.78 is 41.0. The van der Waals surface area contributed by atoms with E-state index in [9.17, 15) is 22.8 Å². The molecule has 27 heavy (non-hydrogen) atoms. The smallest absolute Gasteiger partial charge is 0.422 e. The van der Waals surface area contributed by atoms with Crippen LogP contribution in [-0.2, 0) is 4.79 Å². The Hall–Kier alpha value is -2.36. The highest BCUT2D eigenvalue weighted by Crippen LogP contribution is 2.20. The molecule has 2 aliphatic rings. The number of piperidine rings is 1. The van der Waals surface area contributed by atoms with Gasteiger partial charge in [-0.1, -0.05) is 0 Å². The van der Waals surface area contributed by atoms with E-state index in [1.54, 1.807) is 4.90 Å². The topological polar surface area (TPSA) is 74.8 Å². The molecule has 0 saturated carbocycles. The van der Waals surface area contributed by atoms with Gasteiger partial charge in [0, 0.05) is 44.5 Å². The van der Waals surface area contributed by atoms with Crippen LogP contribution in [0, 0.1) is 0 Å². The van der Waals surface area contributed by atoms with E-state index in [-0.39, 0.29) is 29.3 Å². The molecular formula is C17H21F3N4O3. The summed E-state index contributed by atoms with van der Waals surface area (Å²) in [7, 11) is 0. The van der Waals surface area contributed by atoms with E-state index >= 15 is 0 Å².